The van der Waals surface area contributed by atoms with E-state index >= 15 is 0 Å². The lowest BCUT2D eigenvalue weighted by Gasteiger charge is -2.07. The fourth-order valence-electron chi connectivity index (χ4n) is 0.478. The first-order chi connectivity index (χ1) is 4.95. The van der Waals surface area contributed by atoms with Crippen LogP contribution in [0.1, 0.15) is 6.42 Å². The summed E-state index contributed by atoms with van der Waals surface area (Å²) in [6, 6.07) is 0. The van der Waals surface area contributed by atoms with Crippen LogP contribution in [0.3, 0.4) is 0 Å². The maximum atomic E-state index is 10.4. The van der Waals surface area contributed by atoms with Crippen molar-refractivity contribution in [2.24, 2.45) is 5.73 Å². The number of nitrogens with two attached hydrogens (primary N) is 1. The van der Waals surface area contributed by atoms with Gasteiger partial charge in [0.2, 0.25) is 0 Å². The SMILES string of the molecule is CS(=O)(=O)OCC(O)CCN. The van der Waals surface area contributed by atoms with E-state index in [4.69, 9.17) is 10.8 Å². The lowest BCUT2D eigenvalue weighted by atomic mass is 10.3. The van der Waals surface area contributed by atoms with Gasteiger partial charge in [-0.3, -0.25) is 4.18 Å². The molecular weight excluding hydrogens is 170 g/mol. The summed E-state index contributed by atoms with van der Waals surface area (Å²) in [5.74, 6) is 0. The highest BCUT2D eigenvalue weighted by atomic mass is 32.2. The van der Waals surface area contributed by atoms with Crippen LogP contribution in [0.4, 0.5) is 0 Å². The third-order valence-corrected chi connectivity index (χ3v) is 1.54. The first-order valence-corrected chi connectivity index (χ1v) is 5.00. The summed E-state index contributed by atoms with van der Waals surface area (Å²) in [5.41, 5.74) is 5.10. The lowest BCUT2D eigenvalue weighted by Crippen LogP contribution is -2.21. The molecule has 11 heavy (non-hydrogen) atoms. The van der Waals surface area contributed by atoms with Crippen LogP contribution >= 0.6 is 0 Å². The van der Waals surface area contributed by atoms with Gasteiger partial charge in [0.25, 0.3) is 10.1 Å². The molecule has 0 bridgehead atoms. The van der Waals surface area contributed by atoms with Crippen molar-refractivity contribution >= 4 is 10.1 Å². The van der Waals surface area contributed by atoms with Gasteiger partial charge in [-0.05, 0) is 13.0 Å². The highest BCUT2D eigenvalue weighted by molar-refractivity contribution is 7.85. The highest BCUT2D eigenvalue weighted by Gasteiger charge is 2.07. The van der Waals surface area contributed by atoms with Gasteiger partial charge in [-0.1, -0.05) is 0 Å². The maximum Gasteiger partial charge on any atom is 0.264 e. The van der Waals surface area contributed by atoms with Crippen LogP contribution in [0.15, 0.2) is 0 Å². The fraction of sp³-hybridized carbons (Fsp3) is 1.00. The molecule has 1 unspecified atom stereocenters. The predicted molar refractivity (Wildman–Crippen MR) is 40.5 cm³/mol. The monoisotopic (exact) mass is 183 g/mol. The Morgan fingerprint density at radius 2 is 2.18 bits per heavy atom. The number of rotatable bonds is 5. The first kappa shape index (κ1) is 10.8. The fourth-order valence-corrected chi connectivity index (χ4v) is 0.882. The van der Waals surface area contributed by atoms with Crippen molar-refractivity contribution in [1.82, 2.24) is 0 Å². The van der Waals surface area contributed by atoms with Crippen molar-refractivity contribution in [3.05, 3.63) is 0 Å². The molecule has 0 spiro atoms. The zero-order valence-electron chi connectivity index (χ0n) is 6.36. The summed E-state index contributed by atoms with van der Waals surface area (Å²) in [4.78, 5) is 0. The quantitative estimate of drug-likeness (QED) is 0.515. The number of hydrogen-bond donors (Lipinski definition) is 2. The van der Waals surface area contributed by atoms with E-state index in [1.54, 1.807) is 0 Å². The van der Waals surface area contributed by atoms with Gasteiger partial charge < -0.3 is 10.8 Å². The van der Waals surface area contributed by atoms with E-state index in [1.807, 2.05) is 0 Å². The van der Waals surface area contributed by atoms with Crippen molar-refractivity contribution in [3.8, 4) is 0 Å². The van der Waals surface area contributed by atoms with Gasteiger partial charge in [0.15, 0.2) is 0 Å². The maximum absolute atomic E-state index is 10.4. The van der Waals surface area contributed by atoms with Crippen molar-refractivity contribution in [2.75, 3.05) is 19.4 Å². The molecule has 1 atom stereocenters. The Hall–Kier alpha value is -0.170. The van der Waals surface area contributed by atoms with Gasteiger partial charge in [0, 0.05) is 0 Å². The van der Waals surface area contributed by atoms with E-state index in [9.17, 15) is 8.42 Å². The second-order valence-corrected chi connectivity index (χ2v) is 3.86. The summed E-state index contributed by atoms with van der Waals surface area (Å²) in [5, 5.41) is 8.94. The molecule has 0 rings (SSSR count). The average molecular weight is 183 g/mol. The lowest BCUT2D eigenvalue weighted by molar-refractivity contribution is 0.106. The van der Waals surface area contributed by atoms with Crippen LogP contribution in [0.2, 0.25) is 0 Å². The molecule has 0 fully saturated rings. The molecule has 3 N–H and O–H groups in total. The molecule has 0 aromatic heterocycles. The molecule has 0 heterocycles. The van der Waals surface area contributed by atoms with E-state index in [1.165, 1.54) is 0 Å². The molecule has 0 aliphatic rings. The Morgan fingerprint density at radius 1 is 1.64 bits per heavy atom. The highest BCUT2D eigenvalue weighted by Crippen LogP contribution is 1.94. The molecule has 0 aliphatic heterocycles. The molecule has 0 saturated heterocycles. The zero-order chi connectivity index (χ0) is 8.91. The molecule has 0 saturated carbocycles. The van der Waals surface area contributed by atoms with Crippen molar-refractivity contribution in [3.63, 3.8) is 0 Å². The summed E-state index contributed by atoms with van der Waals surface area (Å²) >= 11 is 0. The van der Waals surface area contributed by atoms with Crippen molar-refractivity contribution in [2.45, 2.75) is 12.5 Å². The standard InChI is InChI=1S/C5H13NO4S/c1-11(8,9)10-4-5(7)2-3-6/h5,7H,2-4,6H2,1H3. The minimum atomic E-state index is -3.44. The Morgan fingerprint density at radius 3 is 2.55 bits per heavy atom. The molecule has 0 aromatic rings. The number of aliphatic hydroxyl groups excluding tert-OH is 1. The Bertz CT molecular complexity index is 189. The van der Waals surface area contributed by atoms with E-state index in [0.29, 0.717) is 13.0 Å². The summed E-state index contributed by atoms with van der Waals surface area (Å²) in [6.07, 6.45) is 0.479. The molecule has 0 amide bonds. The summed E-state index contributed by atoms with van der Waals surface area (Å²) < 4.78 is 25.1. The van der Waals surface area contributed by atoms with Crippen molar-refractivity contribution in [1.29, 1.82) is 0 Å². The third-order valence-electron chi connectivity index (χ3n) is 0.974. The number of aliphatic hydroxyl groups is 1. The molecular formula is C5H13NO4S. The molecule has 5 nitrogen and oxygen atoms in total. The van der Waals surface area contributed by atoms with Crippen LogP contribution in [0.5, 0.6) is 0 Å². The minimum absolute atomic E-state index is 0.212. The molecule has 6 heteroatoms. The average Bonchev–Trinajstić information content (AvgIpc) is 1.83. The van der Waals surface area contributed by atoms with Crippen LogP contribution in [-0.2, 0) is 14.3 Å². The second-order valence-electron chi connectivity index (χ2n) is 2.22. The Balaban J connectivity index is 3.54. The summed E-state index contributed by atoms with van der Waals surface area (Å²) in [7, 11) is -3.44. The van der Waals surface area contributed by atoms with Crippen molar-refractivity contribution < 1.29 is 17.7 Å². The zero-order valence-corrected chi connectivity index (χ0v) is 7.17. The van der Waals surface area contributed by atoms with E-state index in [-0.39, 0.29) is 6.61 Å². The van der Waals surface area contributed by atoms with Gasteiger partial charge >= 0.3 is 0 Å². The minimum Gasteiger partial charge on any atom is -0.391 e. The Labute approximate surface area is 66.3 Å². The normalized spacial score (nSPS) is 14.8. The predicted octanol–water partition coefficient (Wildman–Crippen LogP) is -1.33. The molecule has 68 valence electrons. The molecule has 0 aromatic carbocycles. The van der Waals surface area contributed by atoms with Crippen LogP contribution in [-0.4, -0.2) is 39.0 Å². The third kappa shape index (κ3) is 7.73. The van der Waals surface area contributed by atoms with Crippen LogP contribution < -0.4 is 5.73 Å². The largest absolute Gasteiger partial charge is 0.391 e. The molecule has 0 aliphatic carbocycles. The second kappa shape index (κ2) is 4.66. The van der Waals surface area contributed by atoms with Gasteiger partial charge in [-0.2, -0.15) is 8.42 Å². The molecule has 0 radical (unpaired) electrons. The topological polar surface area (TPSA) is 89.6 Å². The van der Waals surface area contributed by atoms with Gasteiger partial charge in [0.1, 0.15) is 0 Å². The van der Waals surface area contributed by atoms with Gasteiger partial charge in [0.05, 0.1) is 19.0 Å². The first-order valence-electron chi connectivity index (χ1n) is 3.18. The van der Waals surface area contributed by atoms with Crippen LogP contribution in [0.25, 0.3) is 0 Å². The van der Waals surface area contributed by atoms with E-state index < -0.39 is 16.2 Å². The number of hydrogen-bond acceptors (Lipinski definition) is 5. The smallest absolute Gasteiger partial charge is 0.264 e. The Kier molecular flexibility index (Phi) is 4.58. The van der Waals surface area contributed by atoms with Crippen LogP contribution in [0, 0.1) is 0 Å². The van der Waals surface area contributed by atoms with E-state index in [0.717, 1.165) is 6.26 Å². The van der Waals surface area contributed by atoms with Gasteiger partial charge in [-0.25, -0.2) is 0 Å². The van der Waals surface area contributed by atoms with E-state index in [2.05, 4.69) is 4.18 Å². The van der Waals surface area contributed by atoms with Gasteiger partial charge in [-0.15, -0.1) is 0 Å². The summed E-state index contributed by atoms with van der Waals surface area (Å²) in [6.45, 7) is 0.102.